The van der Waals surface area contributed by atoms with Crippen molar-refractivity contribution in [3.05, 3.63) is 70.7 Å². The molecule has 0 spiro atoms. The van der Waals surface area contributed by atoms with E-state index < -0.39 is 0 Å². The van der Waals surface area contributed by atoms with Crippen molar-refractivity contribution in [1.29, 1.82) is 5.41 Å². The monoisotopic (exact) mass is 401 g/mol. The molecule has 0 radical (unpaired) electrons. The third-order valence-electron chi connectivity index (χ3n) is 3.09. The number of halogens is 1. The Labute approximate surface area is 158 Å². The molecule has 0 fully saturated rings. The lowest BCUT2D eigenvalue weighted by Crippen LogP contribution is -2.19. The van der Waals surface area contributed by atoms with Crippen LogP contribution in [0.1, 0.15) is 32.8 Å². The van der Waals surface area contributed by atoms with Crippen molar-refractivity contribution in [2.24, 2.45) is 0 Å². The van der Waals surface area contributed by atoms with E-state index in [0.29, 0.717) is 11.4 Å². The predicted octanol–water partition coefficient (Wildman–Crippen LogP) is 6.41. The molecular formula is C20H24BrN3O. The van der Waals surface area contributed by atoms with Crippen LogP contribution in [-0.4, -0.2) is 11.7 Å². The normalized spacial score (nSPS) is 10.3. The molecule has 0 aliphatic heterocycles. The molecular weight excluding hydrogens is 378 g/mol. The number of nitrogens with one attached hydrogen (secondary N) is 3. The summed E-state index contributed by atoms with van der Waals surface area (Å²) in [7, 11) is 0. The second-order valence-corrected chi connectivity index (χ2v) is 5.71. The van der Waals surface area contributed by atoms with Crippen molar-refractivity contribution in [1.82, 2.24) is 0 Å². The van der Waals surface area contributed by atoms with Crippen LogP contribution < -0.4 is 10.6 Å². The number of allylic oxidation sites excluding steroid dienone is 2. The number of urea groups is 1. The zero-order chi connectivity index (χ0) is 18.7. The number of amides is 2. The van der Waals surface area contributed by atoms with Gasteiger partial charge in [-0.05, 0) is 46.6 Å². The summed E-state index contributed by atoms with van der Waals surface area (Å²) in [4.78, 5) is 11.9. The fourth-order valence-electron chi connectivity index (χ4n) is 1.95. The lowest BCUT2D eigenvalue weighted by atomic mass is 10.1. The number of benzene rings is 2. The standard InChI is InChI=1S/C18H18BrN3O.C2H6/c1-2-6-16(19)17(20)13-9-11-15(12-10-13)22-18(23)21-14-7-4-3-5-8-14;1-2/h3-12,20H,2H2,1H3,(H2,21,22,23);1-2H3/b16-6+,20-17?;. The van der Waals surface area contributed by atoms with Gasteiger partial charge < -0.3 is 10.6 Å². The fraction of sp³-hybridized carbons (Fsp3) is 0.200. The van der Waals surface area contributed by atoms with E-state index >= 15 is 0 Å². The fourth-order valence-corrected chi connectivity index (χ4v) is 2.51. The molecule has 4 nitrogen and oxygen atoms in total. The van der Waals surface area contributed by atoms with Crippen LogP contribution in [0.25, 0.3) is 0 Å². The Morgan fingerprint density at radius 2 is 1.52 bits per heavy atom. The van der Waals surface area contributed by atoms with Crippen molar-refractivity contribution >= 4 is 39.0 Å². The van der Waals surface area contributed by atoms with E-state index in [1.807, 2.05) is 69.3 Å². The quantitative estimate of drug-likeness (QED) is 0.497. The molecule has 0 unspecified atom stereocenters. The number of carbonyl (C=O) groups is 1. The van der Waals surface area contributed by atoms with Gasteiger partial charge in [0, 0.05) is 21.4 Å². The minimum Gasteiger partial charge on any atom is -0.308 e. The summed E-state index contributed by atoms with van der Waals surface area (Å²) < 4.78 is 0.766. The first-order valence-electron chi connectivity index (χ1n) is 8.28. The highest BCUT2D eigenvalue weighted by Gasteiger charge is 2.06. The Hall–Kier alpha value is -2.40. The Morgan fingerprint density at radius 3 is 2.04 bits per heavy atom. The number of hydrogen-bond donors (Lipinski definition) is 3. The maximum atomic E-state index is 11.9. The average Bonchev–Trinajstić information content (AvgIpc) is 2.64. The van der Waals surface area contributed by atoms with Crippen LogP contribution in [0, 0.1) is 5.41 Å². The highest BCUT2D eigenvalue weighted by molar-refractivity contribution is 9.12. The van der Waals surface area contributed by atoms with Crippen LogP contribution in [-0.2, 0) is 0 Å². The van der Waals surface area contributed by atoms with Gasteiger partial charge in [-0.2, -0.15) is 0 Å². The molecule has 0 bridgehead atoms. The molecule has 2 amide bonds. The van der Waals surface area contributed by atoms with E-state index in [0.717, 1.165) is 22.2 Å². The van der Waals surface area contributed by atoms with Crippen molar-refractivity contribution < 1.29 is 4.79 Å². The molecule has 2 aromatic rings. The lowest BCUT2D eigenvalue weighted by Gasteiger charge is -2.09. The molecule has 0 aromatic heterocycles. The van der Waals surface area contributed by atoms with E-state index in [2.05, 4.69) is 26.6 Å². The highest BCUT2D eigenvalue weighted by atomic mass is 79.9. The van der Waals surface area contributed by atoms with E-state index in [9.17, 15) is 4.79 Å². The van der Waals surface area contributed by atoms with Gasteiger partial charge in [0.05, 0.1) is 5.71 Å². The van der Waals surface area contributed by atoms with Crippen LogP contribution in [0.4, 0.5) is 16.2 Å². The average molecular weight is 402 g/mol. The maximum absolute atomic E-state index is 11.9. The minimum absolute atomic E-state index is 0.300. The minimum atomic E-state index is -0.300. The van der Waals surface area contributed by atoms with Gasteiger partial charge in [-0.1, -0.05) is 57.2 Å². The van der Waals surface area contributed by atoms with Gasteiger partial charge in [-0.25, -0.2) is 4.79 Å². The third-order valence-corrected chi connectivity index (χ3v) is 3.81. The molecule has 132 valence electrons. The molecule has 0 atom stereocenters. The molecule has 2 aromatic carbocycles. The van der Waals surface area contributed by atoms with Gasteiger partial charge in [0.15, 0.2) is 0 Å². The second kappa shape index (κ2) is 11.2. The van der Waals surface area contributed by atoms with Crippen molar-refractivity contribution in [3.8, 4) is 0 Å². The van der Waals surface area contributed by atoms with Crippen molar-refractivity contribution in [2.45, 2.75) is 27.2 Å². The van der Waals surface area contributed by atoms with E-state index in [4.69, 9.17) is 5.41 Å². The summed E-state index contributed by atoms with van der Waals surface area (Å²) >= 11 is 3.39. The van der Waals surface area contributed by atoms with Crippen LogP contribution >= 0.6 is 15.9 Å². The number of rotatable bonds is 5. The summed E-state index contributed by atoms with van der Waals surface area (Å²) in [6, 6.07) is 16.1. The molecule has 3 N–H and O–H groups in total. The Morgan fingerprint density at radius 1 is 1.00 bits per heavy atom. The molecule has 0 aliphatic rings. The molecule has 0 aliphatic carbocycles. The number of para-hydroxylation sites is 1. The predicted molar refractivity (Wildman–Crippen MR) is 111 cm³/mol. The summed E-state index contributed by atoms with van der Waals surface area (Å²) in [5.41, 5.74) is 2.62. The van der Waals surface area contributed by atoms with Gasteiger partial charge in [0.2, 0.25) is 0 Å². The summed E-state index contributed by atoms with van der Waals surface area (Å²) in [6.45, 7) is 6.02. The lowest BCUT2D eigenvalue weighted by molar-refractivity contribution is 0.262. The highest BCUT2D eigenvalue weighted by Crippen LogP contribution is 2.17. The zero-order valence-electron chi connectivity index (χ0n) is 14.8. The zero-order valence-corrected chi connectivity index (χ0v) is 16.4. The van der Waals surface area contributed by atoms with Crippen LogP contribution in [0.15, 0.2) is 65.2 Å². The summed E-state index contributed by atoms with van der Waals surface area (Å²) in [5, 5.41) is 13.6. The smallest absolute Gasteiger partial charge is 0.308 e. The van der Waals surface area contributed by atoms with Crippen molar-refractivity contribution in [3.63, 3.8) is 0 Å². The van der Waals surface area contributed by atoms with E-state index in [1.54, 1.807) is 12.1 Å². The van der Waals surface area contributed by atoms with Gasteiger partial charge in [-0.3, -0.25) is 5.41 Å². The molecule has 2 rings (SSSR count). The summed E-state index contributed by atoms with van der Waals surface area (Å²) in [5.74, 6) is 0. The van der Waals surface area contributed by atoms with Crippen LogP contribution in [0.2, 0.25) is 0 Å². The van der Waals surface area contributed by atoms with Gasteiger partial charge in [0.25, 0.3) is 0 Å². The van der Waals surface area contributed by atoms with E-state index in [1.165, 1.54) is 0 Å². The number of hydrogen-bond acceptors (Lipinski definition) is 2. The Bertz CT molecular complexity index is 709. The first-order valence-corrected chi connectivity index (χ1v) is 9.07. The molecule has 25 heavy (non-hydrogen) atoms. The molecule has 0 saturated carbocycles. The topological polar surface area (TPSA) is 65.0 Å². The van der Waals surface area contributed by atoms with Crippen LogP contribution in [0.3, 0.4) is 0 Å². The third kappa shape index (κ3) is 6.93. The van der Waals surface area contributed by atoms with Gasteiger partial charge >= 0.3 is 6.03 Å². The SMILES string of the molecule is CC.CC/C=C(/Br)C(=N)c1ccc(NC(=O)Nc2ccccc2)cc1. The largest absolute Gasteiger partial charge is 0.323 e. The van der Waals surface area contributed by atoms with E-state index in [-0.39, 0.29) is 6.03 Å². The number of anilines is 2. The summed E-state index contributed by atoms with van der Waals surface area (Å²) in [6.07, 6.45) is 2.81. The molecule has 0 heterocycles. The van der Waals surface area contributed by atoms with Gasteiger partial charge in [-0.15, -0.1) is 0 Å². The Balaban J connectivity index is 0.00000151. The second-order valence-electron chi connectivity index (χ2n) is 4.86. The van der Waals surface area contributed by atoms with Crippen LogP contribution in [0.5, 0.6) is 0 Å². The maximum Gasteiger partial charge on any atom is 0.323 e. The Kier molecular flexibility index (Phi) is 9.25. The van der Waals surface area contributed by atoms with Crippen molar-refractivity contribution in [2.75, 3.05) is 10.6 Å². The molecule has 0 saturated heterocycles. The first-order chi connectivity index (χ1) is 12.1. The molecule has 5 heteroatoms. The first kappa shape index (κ1) is 20.6. The van der Waals surface area contributed by atoms with Gasteiger partial charge in [0.1, 0.15) is 0 Å². The number of carbonyl (C=O) groups excluding carboxylic acids is 1.